The van der Waals surface area contributed by atoms with E-state index in [0.29, 0.717) is 37.1 Å². The molecule has 0 N–H and O–H groups in total. The van der Waals surface area contributed by atoms with E-state index in [1.807, 2.05) is 13.8 Å². The molecule has 0 unspecified atom stereocenters. The van der Waals surface area contributed by atoms with Crippen LogP contribution in [0, 0.1) is 19.8 Å². The highest BCUT2D eigenvalue weighted by atomic mass is 19.4. The molecule has 0 bridgehead atoms. The zero-order valence-corrected chi connectivity index (χ0v) is 22.1. The summed E-state index contributed by atoms with van der Waals surface area (Å²) in [6, 6.07) is 9.64. The van der Waals surface area contributed by atoms with Crippen molar-refractivity contribution in [2.24, 2.45) is 5.92 Å². The fourth-order valence-electron chi connectivity index (χ4n) is 5.77. The summed E-state index contributed by atoms with van der Waals surface area (Å²) in [6.07, 6.45) is -5.56. The largest absolute Gasteiger partial charge is 0.439 e. The summed E-state index contributed by atoms with van der Waals surface area (Å²) in [5.74, 6) is 0.265. The SMILES string of the molecule is Cc1cc([C@H]2OC(=O)N(Cc3cc(C)ccc3[C@H](C(C)C)N3CCC(F)CC3)[C@H]2C)cc(C(F)(F)F)c1. The van der Waals surface area contributed by atoms with Gasteiger partial charge in [0.25, 0.3) is 0 Å². The smallest absolute Gasteiger partial charge is 0.416 e. The zero-order chi connectivity index (χ0) is 27.1. The van der Waals surface area contributed by atoms with Gasteiger partial charge >= 0.3 is 12.3 Å². The molecule has 0 spiro atoms. The first kappa shape index (κ1) is 27.4. The second kappa shape index (κ2) is 10.6. The highest BCUT2D eigenvalue weighted by Gasteiger charge is 2.42. The number of hydrogen-bond donors (Lipinski definition) is 0. The van der Waals surface area contributed by atoms with Gasteiger partial charge in [-0.3, -0.25) is 9.80 Å². The van der Waals surface area contributed by atoms with E-state index in [4.69, 9.17) is 4.74 Å². The van der Waals surface area contributed by atoms with Gasteiger partial charge in [0, 0.05) is 25.7 Å². The minimum absolute atomic E-state index is 0.0685. The minimum Gasteiger partial charge on any atom is -0.439 e. The lowest BCUT2D eigenvalue weighted by molar-refractivity contribution is -0.137. The first-order valence-electron chi connectivity index (χ1n) is 13.0. The molecule has 202 valence electrons. The number of benzene rings is 2. The molecule has 2 aliphatic heterocycles. The topological polar surface area (TPSA) is 32.8 Å². The Hall–Kier alpha value is -2.61. The number of halogens is 4. The first-order valence-corrected chi connectivity index (χ1v) is 13.0. The second-order valence-electron chi connectivity index (χ2n) is 10.9. The van der Waals surface area contributed by atoms with Gasteiger partial charge in [0.15, 0.2) is 0 Å². The van der Waals surface area contributed by atoms with Crippen molar-refractivity contribution in [2.75, 3.05) is 13.1 Å². The van der Waals surface area contributed by atoms with Gasteiger partial charge in [0.05, 0.1) is 11.6 Å². The van der Waals surface area contributed by atoms with Crippen LogP contribution in [0.25, 0.3) is 0 Å². The van der Waals surface area contributed by atoms with Crippen LogP contribution in [0.15, 0.2) is 36.4 Å². The quantitative estimate of drug-likeness (QED) is 0.369. The van der Waals surface area contributed by atoms with E-state index in [0.717, 1.165) is 28.8 Å². The standard InChI is InChI=1S/C29H36F4N2O2/c1-17(2)26(34-10-8-24(30)9-11-34)25-7-6-18(3)12-22(25)16-35-20(5)27(37-28(35)36)21-13-19(4)14-23(15-21)29(31,32)33/h6-7,12-15,17,20,24,26-27H,8-11,16H2,1-5H3/t20-,26-,27-/m0/s1. The molecule has 2 aromatic rings. The fraction of sp³-hybridized carbons (Fsp3) is 0.552. The van der Waals surface area contributed by atoms with Crippen LogP contribution in [0.1, 0.15) is 79.1 Å². The second-order valence-corrected chi connectivity index (χ2v) is 10.9. The van der Waals surface area contributed by atoms with Crippen molar-refractivity contribution in [1.29, 1.82) is 0 Å². The molecule has 4 nitrogen and oxygen atoms in total. The third kappa shape index (κ3) is 5.95. The number of rotatable bonds is 6. The number of alkyl halides is 4. The molecule has 2 heterocycles. The van der Waals surface area contributed by atoms with E-state index in [1.54, 1.807) is 17.9 Å². The zero-order valence-electron chi connectivity index (χ0n) is 22.1. The molecule has 0 aliphatic carbocycles. The van der Waals surface area contributed by atoms with E-state index in [9.17, 15) is 22.4 Å². The van der Waals surface area contributed by atoms with Gasteiger partial charge in [-0.15, -0.1) is 0 Å². The first-order chi connectivity index (χ1) is 17.3. The van der Waals surface area contributed by atoms with Crippen LogP contribution in [-0.4, -0.2) is 41.2 Å². The van der Waals surface area contributed by atoms with Crippen LogP contribution < -0.4 is 0 Å². The Bertz CT molecular complexity index is 1130. The number of nitrogens with zero attached hydrogens (tertiary/aromatic N) is 2. The number of carbonyl (C=O) groups excluding carboxylic acids is 1. The van der Waals surface area contributed by atoms with E-state index >= 15 is 0 Å². The predicted octanol–water partition coefficient (Wildman–Crippen LogP) is 7.54. The lowest BCUT2D eigenvalue weighted by Crippen LogP contribution is -2.40. The van der Waals surface area contributed by atoms with Gasteiger partial charge in [-0.05, 0) is 68.4 Å². The van der Waals surface area contributed by atoms with Crippen molar-refractivity contribution >= 4 is 6.09 Å². The summed E-state index contributed by atoms with van der Waals surface area (Å²) >= 11 is 0. The summed E-state index contributed by atoms with van der Waals surface area (Å²) in [7, 11) is 0. The average molecular weight is 521 g/mol. The molecular weight excluding hydrogens is 484 g/mol. The Morgan fingerprint density at radius 1 is 1.03 bits per heavy atom. The Kier molecular flexibility index (Phi) is 7.88. The van der Waals surface area contributed by atoms with E-state index < -0.39 is 36.2 Å². The number of carbonyl (C=O) groups is 1. The molecule has 0 aromatic heterocycles. The van der Waals surface area contributed by atoms with Crippen LogP contribution in [-0.2, 0) is 17.5 Å². The number of cyclic esters (lactones) is 1. The monoisotopic (exact) mass is 520 g/mol. The van der Waals surface area contributed by atoms with Crippen LogP contribution in [0.4, 0.5) is 22.4 Å². The number of hydrogen-bond acceptors (Lipinski definition) is 3. The highest BCUT2D eigenvalue weighted by Crippen LogP contribution is 2.39. The van der Waals surface area contributed by atoms with Crippen LogP contribution in [0.5, 0.6) is 0 Å². The number of ether oxygens (including phenoxy) is 1. The van der Waals surface area contributed by atoms with Crippen LogP contribution in [0.3, 0.4) is 0 Å². The Balaban J connectivity index is 1.63. The molecular formula is C29H36F4N2O2. The lowest BCUT2D eigenvalue weighted by Gasteiger charge is -2.39. The van der Waals surface area contributed by atoms with Crippen molar-refractivity contribution in [1.82, 2.24) is 9.80 Å². The van der Waals surface area contributed by atoms with Crippen molar-refractivity contribution in [3.8, 4) is 0 Å². The fourth-order valence-corrected chi connectivity index (χ4v) is 5.77. The number of amides is 1. The van der Waals surface area contributed by atoms with Gasteiger partial charge < -0.3 is 4.74 Å². The van der Waals surface area contributed by atoms with E-state index in [1.165, 1.54) is 0 Å². The van der Waals surface area contributed by atoms with Crippen molar-refractivity contribution in [3.05, 3.63) is 69.8 Å². The predicted molar refractivity (Wildman–Crippen MR) is 135 cm³/mol. The maximum absolute atomic E-state index is 13.9. The van der Waals surface area contributed by atoms with Crippen molar-refractivity contribution < 1.29 is 27.1 Å². The van der Waals surface area contributed by atoms with E-state index in [2.05, 4.69) is 36.9 Å². The maximum Gasteiger partial charge on any atom is 0.416 e. The van der Waals surface area contributed by atoms with Gasteiger partial charge in [0.1, 0.15) is 12.3 Å². The molecule has 0 radical (unpaired) electrons. The summed E-state index contributed by atoms with van der Waals surface area (Å²) in [6.45, 7) is 11.3. The van der Waals surface area contributed by atoms with Crippen LogP contribution >= 0.6 is 0 Å². The molecule has 2 aromatic carbocycles. The molecule has 8 heteroatoms. The number of piperidine rings is 1. The van der Waals surface area contributed by atoms with Gasteiger partial charge in [0.2, 0.25) is 0 Å². The van der Waals surface area contributed by atoms with Crippen molar-refractivity contribution in [2.45, 2.75) is 84.5 Å². The van der Waals surface area contributed by atoms with Crippen LogP contribution in [0.2, 0.25) is 0 Å². The molecule has 2 saturated heterocycles. The Morgan fingerprint density at radius 2 is 1.70 bits per heavy atom. The normalized spacial score (nSPS) is 22.5. The summed E-state index contributed by atoms with van der Waals surface area (Å²) in [5.41, 5.74) is 3.18. The number of aryl methyl sites for hydroxylation is 2. The summed E-state index contributed by atoms with van der Waals surface area (Å²) in [5, 5.41) is 0. The summed E-state index contributed by atoms with van der Waals surface area (Å²) < 4.78 is 59.8. The summed E-state index contributed by atoms with van der Waals surface area (Å²) in [4.78, 5) is 16.9. The van der Waals surface area contributed by atoms with Crippen molar-refractivity contribution in [3.63, 3.8) is 0 Å². The average Bonchev–Trinajstić information content (AvgIpc) is 3.09. The third-order valence-electron chi connectivity index (χ3n) is 7.59. The molecule has 2 aliphatic rings. The van der Waals surface area contributed by atoms with Gasteiger partial charge in [-0.25, -0.2) is 9.18 Å². The minimum atomic E-state index is -4.48. The lowest BCUT2D eigenvalue weighted by atomic mass is 9.88. The third-order valence-corrected chi connectivity index (χ3v) is 7.59. The molecule has 1 amide bonds. The molecule has 2 fully saturated rings. The number of likely N-dealkylation sites (tertiary alicyclic amines) is 1. The molecule has 37 heavy (non-hydrogen) atoms. The van der Waals surface area contributed by atoms with Gasteiger partial charge in [-0.1, -0.05) is 49.2 Å². The molecule has 3 atom stereocenters. The molecule has 4 rings (SSSR count). The Morgan fingerprint density at radius 3 is 2.32 bits per heavy atom. The maximum atomic E-state index is 13.9. The van der Waals surface area contributed by atoms with E-state index in [-0.39, 0.29) is 18.5 Å². The highest BCUT2D eigenvalue weighted by molar-refractivity contribution is 5.71. The molecule has 0 saturated carbocycles. The van der Waals surface area contributed by atoms with Gasteiger partial charge in [-0.2, -0.15) is 13.2 Å². The Labute approximate surface area is 216 Å².